The largest absolute Gasteiger partial charge is 0.416 e. The molecule has 1 nitrogen and oxygen atoms in total. The fourth-order valence-corrected chi connectivity index (χ4v) is 2.13. The predicted molar refractivity (Wildman–Crippen MR) is 71.3 cm³/mol. The SMILES string of the molecule is CC(c1ccccc1)C(O)c1cccc(C(F)(F)F)c1. The van der Waals surface area contributed by atoms with E-state index in [-0.39, 0.29) is 11.5 Å². The van der Waals surface area contributed by atoms with Gasteiger partial charge in [0.05, 0.1) is 11.7 Å². The Morgan fingerprint density at radius 3 is 2.10 bits per heavy atom. The third-order valence-corrected chi connectivity index (χ3v) is 3.35. The van der Waals surface area contributed by atoms with E-state index in [2.05, 4.69) is 0 Å². The molecule has 2 aromatic rings. The van der Waals surface area contributed by atoms with Gasteiger partial charge in [-0.15, -0.1) is 0 Å². The molecule has 0 aliphatic rings. The Kier molecular flexibility index (Phi) is 4.14. The highest BCUT2D eigenvalue weighted by molar-refractivity contribution is 5.30. The monoisotopic (exact) mass is 280 g/mol. The molecule has 0 amide bonds. The Labute approximate surface area is 115 Å². The number of rotatable bonds is 3. The van der Waals surface area contributed by atoms with Crippen molar-refractivity contribution in [3.63, 3.8) is 0 Å². The lowest BCUT2D eigenvalue weighted by molar-refractivity contribution is -0.137. The summed E-state index contributed by atoms with van der Waals surface area (Å²) in [5, 5.41) is 10.3. The summed E-state index contributed by atoms with van der Waals surface area (Å²) < 4.78 is 38.0. The molecule has 0 aromatic heterocycles. The van der Waals surface area contributed by atoms with Crippen molar-refractivity contribution in [2.45, 2.75) is 25.1 Å². The zero-order chi connectivity index (χ0) is 14.8. The molecule has 2 atom stereocenters. The van der Waals surface area contributed by atoms with Crippen LogP contribution < -0.4 is 0 Å². The van der Waals surface area contributed by atoms with Crippen molar-refractivity contribution in [3.8, 4) is 0 Å². The standard InChI is InChI=1S/C16H15F3O/c1-11(12-6-3-2-4-7-12)15(20)13-8-5-9-14(10-13)16(17,18)19/h2-11,15,20H,1H3. The second-order valence-electron chi connectivity index (χ2n) is 4.77. The average molecular weight is 280 g/mol. The van der Waals surface area contributed by atoms with Crippen LogP contribution in [0.4, 0.5) is 13.2 Å². The summed E-state index contributed by atoms with van der Waals surface area (Å²) in [6.45, 7) is 1.79. The first-order valence-corrected chi connectivity index (χ1v) is 6.30. The second-order valence-corrected chi connectivity index (χ2v) is 4.77. The average Bonchev–Trinajstić information content (AvgIpc) is 2.46. The third kappa shape index (κ3) is 3.20. The predicted octanol–water partition coefficient (Wildman–Crippen LogP) is 4.54. The van der Waals surface area contributed by atoms with E-state index in [1.807, 2.05) is 30.3 Å². The van der Waals surface area contributed by atoms with Gasteiger partial charge in [0.2, 0.25) is 0 Å². The Morgan fingerprint density at radius 2 is 1.50 bits per heavy atom. The minimum Gasteiger partial charge on any atom is -0.388 e. The number of hydrogen-bond acceptors (Lipinski definition) is 1. The van der Waals surface area contributed by atoms with Crippen LogP contribution in [-0.4, -0.2) is 5.11 Å². The molecule has 20 heavy (non-hydrogen) atoms. The lowest BCUT2D eigenvalue weighted by Gasteiger charge is -2.20. The molecule has 0 saturated heterocycles. The van der Waals surface area contributed by atoms with Crippen LogP contribution in [0.25, 0.3) is 0 Å². The highest BCUT2D eigenvalue weighted by Gasteiger charge is 2.31. The normalized spacial score (nSPS) is 14.8. The zero-order valence-corrected chi connectivity index (χ0v) is 10.9. The lowest BCUT2D eigenvalue weighted by atomic mass is 9.90. The molecular formula is C16H15F3O. The van der Waals surface area contributed by atoms with Crippen LogP contribution in [0.5, 0.6) is 0 Å². The molecule has 0 aliphatic carbocycles. The number of aliphatic hydroxyl groups is 1. The van der Waals surface area contributed by atoms with Gasteiger partial charge in [-0.3, -0.25) is 0 Å². The molecule has 0 spiro atoms. The van der Waals surface area contributed by atoms with Crippen LogP contribution in [0.2, 0.25) is 0 Å². The van der Waals surface area contributed by atoms with Crippen molar-refractivity contribution in [3.05, 3.63) is 71.3 Å². The van der Waals surface area contributed by atoms with Gasteiger partial charge in [0, 0.05) is 5.92 Å². The van der Waals surface area contributed by atoms with Gasteiger partial charge in [-0.1, -0.05) is 49.4 Å². The van der Waals surface area contributed by atoms with Gasteiger partial charge in [-0.05, 0) is 23.3 Å². The summed E-state index contributed by atoms with van der Waals surface area (Å²) in [5.41, 5.74) is 0.419. The van der Waals surface area contributed by atoms with E-state index in [1.54, 1.807) is 6.92 Å². The molecule has 4 heteroatoms. The van der Waals surface area contributed by atoms with Crippen LogP contribution in [0.15, 0.2) is 54.6 Å². The Balaban J connectivity index is 2.27. The molecule has 0 radical (unpaired) electrons. The van der Waals surface area contributed by atoms with Crippen LogP contribution >= 0.6 is 0 Å². The summed E-state index contributed by atoms with van der Waals surface area (Å²) in [5.74, 6) is -0.278. The van der Waals surface area contributed by atoms with Crippen LogP contribution in [0.3, 0.4) is 0 Å². The fraction of sp³-hybridized carbons (Fsp3) is 0.250. The summed E-state index contributed by atoms with van der Waals surface area (Å²) in [6, 6.07) is 14.1. The number of halogens is 3. The van der Waals surface area contributed by atoms with E-state index in [0.29, 0.717) is 0 Å². The van der Waals surface area contributed by atoms with Crippen LogP contribution in [0.1, 0.15) is 35.6 Å². The Morgan fingerprint density at radius 1 is 0.900 bits per heavy atom. The molecule has 0 aliphatic heterocycles. The van der Waals surface area contributed by atoms with Crippen molar-refractivity contribution < 1.29 is 18.3 Å². The number of alkyl halides is 3. The van der Waals surface area contributed by atoms with E-state index in [9.17, 15) is 18.3 Å². The minimum absolute atomic E-state index is 0.274. The molecule has 0 heterocycles. The van der Waals surface area contributed by atoms with E-state index in [1.165, 1.54) is 12.1 Å². The van der Waals surface area contributed by atoms with Gasteiger partial charge in [-0.25, -0.2) is 0 Å². The summed E-state index contributed by atoms with van der Waals surface area (Å²) in [6.07, 6.45) is -5.37. The number of benzene rings is 2. The third-order valence-electron chi connectivity index (χ3n) is 3.35. The highest BCUT2D eigenvalue weighted by Crippen LogP contribution is 2.34. The molecule has 0 saturated carbocycles. The van der Waals surface area contributed by atoms with Crippen molar-refractivity contribution in [1.29, 1.82) is 0 Å². The van der Waals surface area contributed by atoms with Crippen LogP contribution in [-0.2, 0) is 6.18 Å². The van der Waals surface area contributed by atoms with Crippen LogP contribution in [0, 0.1) is 0 Å². The molecule has 1 N–H and O–H groups in total. The van der Waals surface area contributed by atoms with Crippen molar-refractivity contribution >= 4 is 0 Å². The van der Waals surface area contributed by atoms with E-state index in [4.69, 9.17) is 0 Å². The molecule has 0 fully saturated rings. The van der Waals surface area contributed by atoms with Crippen molar-refractivity contribution in [2.24, 2.45) is 0 Å². The molecule has 0 bridgehead atoms. The maximum absolute atomic E-state index is 12.7. The van der Waals surface area contributed by atoms with Gasteiger partial charge >= 0.3 is 6.18 Å². The van der Waals surface area contributed by atoms with E-state index >= 15 is 0 Å². The Bertz CT molecular complexity index is 563. The molecule has 2 rings (SSSR count). The maximum atomic E-state index is 12.7. The van der Waals surface area contributed by atoms with E-state index < -0.39 is 17.8 Å². The second kappa shape index (κ2) is 5.67. The highest BCUT2D eigenvalue weighted by atomic mass is 19.4. The van der Waals surface area contributed by atoms with Gasteiger partial charge < -0.3 is 5.11 Å². The first kappa shape index (κ1) is 14.6. The number of hydrogen-bond donors (Lipinski definition) is 1. The fourth-order valence-electron chi connectivity index (χ4n) is 2.13. The van der Waals surface area contributed by atoms with Gasteiger partial charge in [0.25, 0.3) is 0 Å². The Hall–Kier alpha value is -1.81. The van der Waals surface area contributed by atoms with E-state index in [0.717, 1.165) is 17.7 Å². The van der Waals surface area contributed by atoms with Crippen molar-refractivity contribution in [1.82, 2.24) is 0 Å². The lowest BCUT2D eigenvalue weighted by Crippen LogP contribution is -2.10. The molecule has 2 aromatic carbocycles. The summed E-state index contributed by atoms with van der Waals surface area (Å²) in [4.78, 5) is 0. The maximum Gasteiger partial charge on any atom is 0.416 e. The van der Waals surface area contributed by atoms with Gasteiger partial charge in [-0.2, -0.15) is 13.2 Å². The quantitative estimate of drug-likeness (QED) is 0.875. The first-order chi connectivity index (χ1) is 9.39. The minimum atomic E-state index is -4.40. The number of aliphatic hydroxyl groups excluding tert-OH is 1. The molecule has 106 valence electrons. The van der Waals surface area contributed by atoms with Crippen molar-refractivity contribution in [2.75, 3.05) is 0 Å². The van der Waals surface area contributed by atoms with Gasteiger partial charge in [0.1, 0.15) is 0 Å². The molecular weight excluding hydrogens is 265 g/mol. The smallest absolute Gasteiger partial charge is 0.388 e. The topological polar surface area (TPSA) is 20.2 Å². The summed E-state index contributed by atoms with van der Waals surface area (Å²) in [7, 11) is 0. The molecule has 2 unspecified atom stereocenters. The summed E-state index contributed by atoms with van der Waals surface area (Å²) >= 11 is 0. The first-order valence-electron chi connectivity index (χ1n) is 6.30. The zero-order valence-electron chi connectivity index (χ0n) is 10.9. The van der Waals surface area contributed by atoms with Gasteiger partial charge in [0.15, 0.2) is 0 Å².